The average molecular weight is 459 g/mol. The molecule has 0 aliphatic carbocycles. The number of sulfonamides is 1. The van der Waals surface area contributed by atoms with Crippen LogP contribution < -0.4 is 19.1 Å². The summed E-state index contributed by atoms with van der Waals surface area (Å²) < 4.78 is 49.5. The van der Waals surface area contributed by atoms with E-state index >= 15 is 0 Å². The summed E-state index contributed by atoms with van der Waals surface area (Å²) >= 11 is 0. The first-order valence-corrected chi connectivity index (χ1v) is 11.5. The van der Waals surface area contributed by atoms with Crippen molar-refractivity contribution < 1.29 is 27.1 Å². The number of anilines is 2. The molecule has 0 aliphatic rings. The lowest BCUT2D eigenvalue weighted by Gasteiger charge is -2.22. The van der Waals surface area contributed by atoms with Gasteiger partial charge in [0.05, 0.1) is 25.6 Å². The van der Waals surface area contributed by atoms with Gasteiger partial charge >= 0.3 is 0 Å². The monoisotopic (exact) mass is 458 g/mol. The largest absolute Gasteiger partial charge is 0.497 e. The van der Waals surface area contributed by atoms with E-state index < -0.39 is 15.8 Å². The van der Waals surface area contributed by atoms with E-state index in [2.05, 4.69) is 5.32 Å². The van der Waals surface area contributed by atoms with Crippen molar-refractivity contribution in [3.05, 3.63) is 84.2 Å². The molecular formula is C23H23FN2O5S. The normalized spacial score (nSPS) is 11.0. The first-order chi connectivity index (χ1) is 15.2. The predicted octanol–water partition coefficient (Wildman–Crippen LogP) is 3.82. The van der Waals surface area contributed by atoms with Gasteiger partial charge in [-0.05, 0) is 54.1 Å². The predicted molar refractivity (Wildman–Crippen MR) is 121 cm³/mol. The van der Waals surface area contributed by atoms with Gasteiger partial charge in [-0.25, -0.2) is 12.8 Å². The Labute approximate surface area is 186 Å². The zero-order valence-electron chi connectivity index (χ0n) is 17.6. The topological polar surface area (TPSA) is 84.9 Å². The van der Waals surface area contributed by atoms with Crippen molar-refractivity contribution in [2.24, 2.45) is 0 Å². The van der Waals surface area contributed by atoms with Crippen LogP contribution in [0.4, 0.5) is 15.8 Å². The quantitative estimate of drug-likeness (QED) is 0.527. The number of hydrogen-bond acceptors (Lipinski definition) is 5. The molecule has 0 spiro atoms. The van der Waals surface area contributed by atoms with Gasteiger partial charge in [-0.1, -0.05) is 18.2 Å². The van der Waals surface area contributed by atoms with E-state index in [0.29, 0.717) is 28.4 Å². The Kier molecular flexibility index (Phi) is 7.32. The molecule has 1 N–H and O–H groups in total. The molecule has 0 unspecified atom stereocenters. The smallest absolute Gasteiger partial charge is 0.262 e. The highest BCUT2D eigenvalue weighted by molar-refractivity contribution is 7.92. The van der Waals surface area contributed by atoms with E-state index in [9.17, 15) is 17.6 Å². The lowest BCUT2D eigenvalue weighted by molar-refractivity contribution is -0.118. The first kappa shape index (κ1) is 23.1. The fourth-order valence-electron chi connectivity index (χ4n) is 2.91. The standard InChI is InChI=1S/C23H23FN2O5S/c1-30-22-5-3-4-19(14-22)25-23(27)16-31-21-12-10-20(11-13-21)26(32(2,28)29)15-17-6-8-18(24)9-7-17/h3-14H,15-16H2,1-2H3,(H,25,27). The number of ether oxygens (including phenoxy) is 2. The Morgan fingerprint density at radius 1 is 1.00 bits per heavy atom. The Morgan fingerprint density at radius 3 is 2.31 bits per heavy atom. The van der Waals surface area contributed by atoms with Gasteiger partial charge in [-0.3, -0.25) is 9.10 Å². The molecule has 1 amide bonds. The summed E-state index contributed by atoms with van der Waals surface area (Å²) in [6, 6.07) is 18.9. The lowest BCUT2D eigenvalue weighted by atomic mass is 10.2. The van der Waals surface area contributed by atoms with Gasteiger partial charge in [-0.15, -0.1) is 0 Å². The van der Waals surface area contributed by atoms with Gasteiger partial charge in [0.1, 0.15) is 17.3 Å². The van der Waals surface area contributed by atoms with Crippen molar-refractivity contribution in [2.75, 3.05) is 29.6 Å². The van der Waals surface area contributed by atoms with Crippen molar-refractivity contribution in [3.63, 3.8) is 0 Å². The van der Waals surface area contributed by atoms with Crippen LogP contribution in [0.2, 0.25) is 0 Å². The second-order valence-electron chi connectivity index (χ2n) is 6.96. The Hall–Kier alpha value is -3.59. The van der Waals surface area contributed by atoms with Gasteiger partial charge < -0.3 is 14.8 Å². The molecule has 32 heavy (non-hydrogen) atoms. The van der Waals surface area contributed by atoms with Crippen molar-refractivity contribution >= 4 is 27.3 Å². The van der Waals surface area contributed by atoms with E-state index in [0.717, 1.165) is 6.26 Å². The molecule has 7 nitrogen and oxygen atoms in total. The SMILES string of the molecule is COc1cccc(NC(=O)COc2ccc(N(Cc3ccc(F)cc3)S(C)(=O)=O)cc2)c1. The number of nitrogens with zero attached hydrogens (tertiary/aromatic N) is 1. The molecule has 9 heteroatoms. The highest BCUT2D eigenvalue weighted by Gasteiger charge is 2.18. The third-order valence-corrected chi connectivity index (χ3v) is 5.63. The number of carbonyl (C=O) groups excluding carboxylic acids is 1. The molecule has 3 rings (SSSR count). The molecule has 0 bridgehead atoms. The highest BCUT2D eigenvalue weighted by atomic mass is 32.2. The van der Waals surface area contributed by atoms with Crippen molar-refractivity contribution in [1.82, 2.24) is 0 Å². The zero-order valence-corrected chi connectivity index (χ0v) is 18.4. The molecule has 3 aromatic rings. The summed E-state index contributed by atoms with van der Waals surface area (Å²) in [5.41, 5.74) is 1.65. The van der Waals surface area contributed by atoms with Crippen molar-refractivity contribution in [1.29, 1.82) is 0 Å². The van der Waals surface area contributed by atoms with Crippen LogP contribution in [0.3, 0.4) is 0 Å². The Morgan fingerprint density at radius 2 is 1.69 bits per heavy atom. The molecule has 0 saturated heterocycles. The number of amides is 1. The Balaban J connectivity index is 1.63. The van der Waals surface area contributed by atoms with Crippen LogP contribution in [0.5, 0.6) is 11.5 Å². The summed E-state index contributed by atoms with van der Waals surface area (Å²) in [5, 5.41) is 2.71. The van der Waals surface area contributed by atoms with Gasteiger partial charge in [0.15, 0.2) is 6.61 Å². The zero-order chi connectivity index (χ0) is 23.1. The maximum absolute atomic E-state index is 13.1. The number of benzene rings is 3. The summed E-state index contributed by atoms with van der Waals surface area (Å²) in [5.74, 6) is 0.285. The number of halogens is 1. The van der Waals surface area contributed by atoms with E-state index in [1.54, 1.807) is 48.5 Å². The van der Waals surface area contributed by atoms with E-state index in [1.165, 1.54) is 35.7 Å². The van der Waals surface area contributed by atoms with Crippen molar-refractivity contribution in [2.45, 2.75) is 6.54 Å². The number of carbonyl (C=O) groups is 1. The number of methoxy groups -OCH3 is 1. The number of hydrogen-bond donors (Lipinski definition) is 1. The van der Waals surface area contributed by atoms with Gasteiger partial charge in [0.2, 0.25) is 10.0 Å². The van der Waals surface area contributed by atoms with Gasteiger partial charge in [0.25, 0.3) is 5.91 Å². The van der Waals surface area contributed by atoms with Crippen molar-refractivity contribution in [3.8, 4) is 11.5 Å². The maximum Gasteiger partial charge on any atom is 0.262 e. The second-order valence-corrected chi connectivity index (χ2v) is 8.87. The molecule has 3 aromatic carbocycles. The molecule has 0 fully saturated rings. The minimum atomic E-state index is -3.58. The second kappa shape index (κ2) is 10.1. The Bertz CT molecular complexity index is 1170. The van der Waals surface area contributed by atoms with Gasteiger partial charge in [-0.2, -0.15) is 0 Å². The molecule has 0 saturated carbocycles. The van der Waals surface area contributed by atoms with E-state index in [1.807, 2.05) is 0 Å². The third-order valence-electron chi connectivity index (χ3n) is 4.49. The van der Waals surface area contributed by atoms with Crippen LogP contribution in [-0.4, -0.2) is 34.3 Å². The average Bonchev–Trinajstić information content (AvgIpc) is 2.77. The van der Waals surface area contributed by atoms with Crippen LogP contribution in [0.25, 0.3) is 0 Å². The summed E-state index contributed by atoms with van der Waals surface area (Å²) in [4.78, 5) is 12.1. The fourth-order valence-corrected chi connectivity index (χ4v) is 3.80. The first-order valence-electron chi connectivity index (χ1n) is 9.63. The van der Waals surface area contributed by atoms with Crippen LogP contribution in [0.15, 0.2) is 72.8 Å². The maximum atomic E-state index is 13.1. The lowest BCUT2D eigenvalue weighted by Crippen LogP contribution is -2.29. The number of nitrogens with one attached hydrogen (secondary N) is 1. The molecule has 0 heterocycles. The van der Waals surface area contributed by atoms with E-state index in [-0.39, 0.29) is 19.1 Å². The summed E-state index contributed by atoms with van der Waals surface area (Å²) in [6.07, 6.45) is 1.10. The number of rotatable bonds is 9. The summed E-state index contributed by atoms with van der Waals surface area (Å²) in [7, 11) is -2.04. The van der Waals surface area contributed by atoms with E-state index in [4.69, 9.17) is 9.47 Å². The molecule has 0 aromatic heterocycles. The molecule has 0 aliphatic heterocycles. The van der Waals surface area contributed by atoms with Crippen LogP contribution in [0.1, 0.15) is 5.56 Å². The van der Waals surface area contributed by atoms with Gasteiger partial charge in [0, 0.05) is 11.8 Å². The molecular weight excluding hydrogens is 435 g/mol. The minimum Gasteiger partial charge on any atom is -0.497 e. The fraction of sp³-hybridized carbons (Fsp3) is 0.174. The van der Waals surface area contributed by atoms with Crippen LogP contribution in [-0.2, 0) is 21.4 Å². The molecule has 0 radical (unpaired) electrons. The summed E-state index contributed by atoms with van der Waals surface area (Å²) in [6.45, 7) is -0.163. The van der Waals surface area contributed by atoms with Crippen LogP contribution in [0, 0.1) is 5.82 Å². The highest BCUT2D eigenvalue weighted by Crippen LogP contribution is 2.24. The minimum absolute atomic E-state index is 0.0578. The van der Waals surface area contributed by atoms with Crippen LogP contribution >= 0.6 is 0 Å². The third kappa shape index (κ3) is 6.45. The molecule has 0 atom stereocenters. The molecule has 168 valence electrons.